The highest BCUT2D eigenvalue weighted by Crippen LogP contribution is 2.32. The van der Waals surface area contributed by atoms with Gasteiger partial charge in [-0.2, -0.15) is 0 Å². The second-order valence-corrected chi connectivity index (χ2v) is 6.31. The number of nitrogens with zero attached hydrogens (tertiary/aromatic N) is 1. The van der Waals surface area contributed by atoms with Crippen molar-refractivity contribution in [3.63, 3.8) is 0 Å². The van der Waals surface area contributed by atoms with Crippen LogP contribution in [0.1, 0.15) is 24.3 Å². The van der Waals surface area contributed by atoms with Crippen LogP contribution in [-0.4, -0.2) is 16.8 Å². The summed E-state index contributed by atoms with van der Waals surface area (Å²) in [5.41, 5.74) is 1.30. The molecule has 1 aromatic heterocycles. The fourth-order valence-electron chi connectivity index (χ4n) is 1.69. The van der Waals surface area contributed by atoms with E-state index in [9.17, 15) is 4.79 Å². The van der Waals surface area contributed by atoms with Crippen LogP contribution in [0.4, 0.5) is 0 Å². The van der Waals surface area contributed by atoms with Gasteiger partial charge in [-0.25, -0.2) is 0 Å². The number of hydrogen-bond donors (Lipinski definition) is 0. The first-order valence-corrected chi connectivity index (χ1v) is 6.25. The molecule has 0 aliphatic carbocycles. The fourth-order valence-corrected chi connectivity index (χ4v) is 3.44. The lowest BCUT2D eigenvalue weighted by molar-refractivity contribution is -0.133. The van der Waals surface area contributed by atoms with Gasteiger partial charge in [0.05, 0.1) is 10.2 Å². The number of fused-ring (bicyclic) bond motifs is 1. The van der Waals surface area contributed by atoms with E-state index >= 15 is 0 Å². The van der Waals surface area contributed by atoms with Gasteiger partial charge in [0.1, 0.15) is 0 Å². The Balaban J connectivity index is 2.30. The van der Waals surface area contributed by atoms with E-state index in [2.05, 4.69) is 35.8 Å². The summed E-state index contributed by atoms with van der Waals surface area (Å²) in [6, 6.07) is 2.43. The van der Waals surface area contributed by atoms with Gasteiger partial charge in [-0.15, -0.1) is 11.3 Å². The quantitative estimate of drug-likeness (QED) is 0.771. The van der Waals surface area contributed by atoms with Crippen LogP contribution >= 0.6 is 27.3 Å². The number of carbonyl (C=O) groups is 1. The van der Waals surface area contributed by atoms with E-state index in [0.29, 0.717) is 12.5 Å². The van der Waals surface area contributed by atoms with Crippen molar-refractivity contribution in [1.82, 2.24) is 4.90 Å². The standard InChI is InChI=1S/C10H12BrNOS/c1-6(2)12-5-7-3-9(11)14-8(7)4-10(12)13/h3,6H,4-5H2,1-2H3. The minimum absolute atomic E-state index is 0.252. The third kappa shape index (κ3) is 1.73. The van der Waals surface area contributed by atoms with Crippen LogP contribution < -0.4 is 0 Å². The number of thiophene rings is 1. The Morgan fingerprint density at radius 3 is 2.93 bits per heavy atom. The average Bonchev–Trinajstić information content (AvgIpc) is 2.42. The van der Waals surface area contributed by atoms with Gasteiger partial charge < -0.3 is 4.90 Å². The zero-order valence-corrected chi connectivity index (χ0v) is 10.6. The number of rotatable bonds is 1. The maximum absolute atomic E-state index is 11.7. The first-order valence-electron chi connectivity index (χ1n) is 4.64. The largest absolute Gasteiger partial charge is 0.336 e. The highest BCUT2D eigenvalue weighted by Gasteiger charge is 2.26. The lowest BCUT2D eigenvalue weighted by atomic mass is 10.1. The average molecular weight is 274 g/mol. The predicted octanol–water partition coefficient (Wildman–Crippen LogP) is 2.80. The van der Waals surface area contributed by atoms with Gasteiger partial charge >= 0.3 is 0 Å². The van der Waals surface area contributed by atoms with Gasteiger partial charge in [-0.3, -0.25) is 4.79 Å². The Labute approximate surface area is 96.0 Å². The van der Waals surface area contributed by atoms with E-state index in [1.165, 1.54) is 10.4 Å². The molecule has 2 nitrogen and oxygen atoms in total. The highest BCUT2D eigenvalue weighted by molar-refractivity contribution is 9.11. The summed E-state index contributed by atoms with van der Waals surface area (Å²) >= 11 is 5.13. The molecule has 14 heavy (non-hydrogen) atoms. The lowest BCUT2D eigenvalue weighted by Crippen LogP contribution is -2.40. The van der Waals surface area contributed by atoms with Gasteiger partial charge in [0.15, 0.2) is 0 Å². The molecular weight excluding hydrogens is 262 g/mol. The Kier molecular flexibility index (Phi) is 2.66. The molecule has 0 N–H and O–H groups in total. The first-order chi connectivity index (χ1) is 6.58. The van der Waals surface area contributed by atoms with Gasteiger partial charge in [0.2, 0.25) is 5.91 Å². The zero-order valence-electron chi connectivity index (χ0n) is 8.21. The minimum Gasteiger partial charge on any atom is -0.336 e. The summed E-state index contributed by atoms with van der Waals surface area (Å²) in [6.07, 6.45) is 0.573. The van der Waals surface area contributed by atoms with Gasteiger partial charge in [-0.05, 0) is 41.4 Å². The van der Waals surface area contributed by atoms with Crippen LogP contribution in [0.3, 0.4) is 0 Å². The number of halogens is 1. The number of carbonyl (C=O) groups excluding carboxylic acids is 1. The Hall–Kier alpha value is -0.350. The molecule has 76 valence electrons. The molecule has 0 saturated carbocycles. The molecule has 0 radical (unpaired) electrons. The molecule has 0 fully saturated rings. The molecule has 4 heteroatoms. The molecule has 2 heterocycles. The van der Waals surface area contributed by atoms with E-state index in [1.54, 1.807) is 11.3 Å². The zero-order chi connectivity index (χ0) is 10.3. The molecule has 0 aromatic carbocycles. The molecule has 1 aromatic rings. The topological polar surface area (TPSA) is 20.3 Å². The third-order valence-electron chi connectivity index (χ3n) is 2.46. The van der Waals surface area contributed by atoms with E-state index in [-0.39, 0.29) is 5.91 Å². The fraction of sp³-hybridized carbons (Fsp3) is 0.500. The van der Waals surface area contributed by atoms with Crippen LogP contribution in [0, 0.1) is 0 Å². The second kappa shape index (κ2) is 3.66. The van der Waals surface area contributed by atoms with Crippen LogP contribution in [0.25, 0.3) is 0 Å². The Morgan fingerprint density at radius 1 is 1.57 bits per heavy atom. The summed E-state index contributed by atoms with van der Waals surface area (Å²) in [4.78, 5) is 14.9. The van der Waals surface area contributed by atoms with Crippen LogP contribution in [0.2, 0.25) is 0 Å². The summed E-state index contributed by atoms with van der Waals surface area (Å²) in [7, 11) is 0. The van der Waals surface area contributed by atoms with E-state index in [4.69, 9.17) is 0 Å². The molecular formula is C10H12BrNOS. The van der Waals surface area contributed by atoms with Crippen molar-refractivity contribution in [3.8, 4) is 0 Å². The maximum atomic E-state index is 11.7. The monoisotopic (exact) mass is 273 g/mol. The molecule has 1 aliphatic heterocycles. The molecule has 0 bridgehead atoms. The predicted molar refractivity (Wildman–Crippen MR) is 61.4 cm³/mol. The molecule has 1 amide bonds. The van der Waals surface area contributed by atoms with Crippen molar-refractivity contribution < 1.29 is 4.79 Å². The van der Waals surface area contributed by atoms with Crippen LogP contribution in [-0.2, 0) is 17.8 Å². The number of hydrogen-bond acceptors (Lipinski definition) is 2. The lowest BCUT2D eigenvalue weighted by Gasteiger charge is -2.30. The molecule has 2 rings (SSSR count). The van der Waals surface area contributed by atoms with Crippen LogP contribution in [0.15, 0.2) is 9.85 Å². The normalized spacial score (nSPS) is 16.3. The van der Waals surface area contributed by atoms with Crippen molar-refractivity contribution in [1.29, 1.82) is 0 Å². The summed E-state index contributed by atoms with van der Waals surface area (Å²) in [5.74, 6) is 0.252. The van der Waals surface area contributed by atoms with Crippen molar-refractivity contribution >= 4 is 33.2 Å². The Morgan fingerprint density at radius 2 is 2.29 bits per heavy atom. The van der Waals surface area contributed by atoms with Gasteiger partial charge in [0.25, 0.3) is 0 Å². The van der Waals surface area contributed by atoms with Crippen molar-refractivity contribution in [2.75, 3.05) is 0 Å². The molecule has 0 spiro atoms. The molecule has 0 saturated heterocycles. The first kappa shape index (κ1) is 10.2. The van der Waals surface area contributed by atoms with Crippen molar-refractivity contribution in [2.45, 2.75) is 32.9 Å². The SMILES string of the molecule is CC(C)N1Cc2cc(Br)sc2CC1=O. The molecule has 0 atom stereocenters. The van der Waals surface area contributed by atoms with Crippen LogP contribution in [0.5, 0.6) is 0 Å². The maximum Gasteiger partial charge on any atom is 0.228 e. The smallest absolute Gasteiger partial charge is 0.228 e. The number of amides is 1. The third-order valence-corrected chi connectivity index (χ3v) is 4.14. The van der Waals surface area contributed by atoms with E-state index < -0.39 is 0 Å². The van der Waals surface area contributed by atoms with Gasteiger partial charge in [-0.1, -0.05) is 0 Å². The molecule has 0 unspecified atom stereocenters. The van der Waals surface area contributed by atoms with Gasteiger partial charge in [0, 0.05) is 17.5 Å². The highest BCUT2D eigenvalue weighted by atomic mass is 79.9. The summed E-state index contributed by atoms with van der Waals surface area (Å²) < 4.78 is 1.13. The minimum atomic E-state index is 0.252. The van der Waals surface area contributed by atoms with Crippen molar-refractivity contribution in [2.24, 2.45) is 0 Å². The van der Waals surface area contributed by atoms with Crippen molar-refractivity contribution in [3.05, 3.63) is 20.3 Å². The molecule has 1 aliphatic rings. The summed E-state index contributed by atoms with van der Waals surface area (Å²) in [5, 5.41) is 0. The second-order valence-electron chi connectivity index (χ2n) is 3.79. The van der Waals surface area contributed by atoms with E-state index in [1.807, 2.05) is 4.90 Å². The van der Waals surface area contributed by atoms with E-state index in [0.717, 1.165) is 10.3 Å². The summed E-state index contributed by atoms with van der Waals surface area (Å²) in [6.45, 7) is 4.89. The Bertz CT molecular complexity index is 372.